The normalized spacial score (nSPS) is 17.7. The highest BCUT2D eigenvalue weighted by Crippen LogP contribution is 2.34. The Hall–Kier alpha value is -3.39. The summed E-state index contributed by atoms with van der Waals surface area (Å²) in [7, 11) is 0. The summed E-state index contributed by atoms with van der Waals surface area (Å²) in [6.45, 7) is 1.69. The summed E-state index contributed by atoms with van der Waals surface area (Å²) >= 11 is 0.861. The number of fused-ring (bicyclic) bond motifs is 1. The molecular formula is C25H22FN3O3S. The van der Waals surface area contributed by atoms with Crippen LogP contribution in [-0.2, 0) is 16.1 Å². The van der Waals surface area contributed by atoms with E-state index in [0.717, 1.165) is 51.5 Å². The standard InChI is InChI=1S/C25H22FN3O3S/c26-19-9-7-17(8-10-19)14-28-15-18(20-5-1-2-6-21(20)28)13-22-24(31)29(25(32)33-22)16-23(30)27-11-3-4-12-27/h1-2,5-10,13,15H,3-4,11-12,14,16H2/b22-13-. The molecule has 2 fully saturated rings. The molecule has 8 heteroatoms. The summed E-state index contributed by atoms with van der Waals surface area (Å²) in [6.07, 6.45) is 5.55. The summed E-state index contributed by atoms with van der Waals surface area (Å²) in [5.41, 5.74) is 2.73. The number of hydrogen-bond donors (Lipinski definition) is 0. The van der Waals surface area contributed by atoms with Crippen LogP contribution in [0.4, 0.5) is 9.18 Å². The lowest BCUT2D eigenvalue weighted by Gasteiger charge is -2.18. The Balaban J connectivity index is 1.41. The van der Waals surface area contributed by atoms with Crippen LogP contribution in [0, 0.1) is 5.82 Å². The highest BCUT2D eigenvalue weighted by atomic mass is 32.2. The van der Waals surface area contributed by atoms with Gasteiger partial charge in [0.05, 0.1) is 4.91 Å². The van der Waals surface area contributed by atoms with Gasteiger partial charge in [-0.05, 0) is 54.4 Å². The smallest absolute Gasteiger partial charge is 0.294 e. The largest absolute Gasteiger partial charge is 0.342 e. The predicted molar refractivity (Wildman–Crippen MR) is 126 cm³/mol. The number of aromatic nitrogens is 1. The van der Waals surface area contributed by atoms with Gasteiger partial charge < -0.3 is 9.47 Å². The van der Waals surface area contributed by atoms with Crippen molar-refractivity contribution in [3.8, 4) is 0 Å². The van der Waals surface area contributed by atoms with Crippen LogP contribution in [0.2, 0.25) is 0 Å². The maximum absolute atomic E-state index is 13.3. The molecule has 0 radical (unpaired) electrons. The van der Waals surface area contributed by atoms with Crippen molar-refractivity contribution in [1.29, 1.82) is 0 Å². The van der Waals surface area contributed by atoms with Gasteiger partial charge in [0.1, 0.15) is 12.4 Å². The van der Waals surface area contributed by atoms with Crippen LogP contribution >= 0.6 is 11.8 Å². The molecule has 3 heterocycles. The van der Waals surface area contributed by atoms with Crippen molar-refractivity contribution in [3.63, 3.8) is 0 Å². The molecule has 2 aliphatic heterocycles. The van der Waals surface area contributed by atoms with Gasteiger partial charge in [0, 0.05) is 42.3 Å². The molecule has 3 amide bonds. The topological polar surface area (TPSA) is 62.6 Å². The molecule has 0 unspecified atom stereocenters. The zero-order valence-electron chi connectivity index (χ0n) is 17.9. The summed E-state index contributed by atoms with van der Waals surface area (Å²) in [4.78, 5) is 40.9. The molecule has 6 nitrogen and oxygen atoms in total. The summed E-state index contributed by atoms with van der Waals surface area (Å²) < 4.78 is 15.3. The average Bonchev–Trinajstić information content (AvgIpc) is 3.52. The number of imide groups is 1. The first kappa shape index (κ1) is 21.5. The van der Waals surface area contributed by atoms with E-state index in [-0.39, 0.29) is 18.3 Å². The molecule has 0 bridgehead atoms. The van der Waals surface area contributed by atoms with Crippen molar-refractivity contribution in [3.05, 3.63) is 76.6 Å². The molecule has 5 rings (SSSR count). The van der Waals surface area contributed by atoms with Crippen molar-refractivity contribution >= 4 is 45.8 Å². The SMILES string of the molecule is O=C(CN1C(=O)S/C(=C\c2cn(Cc3ccc(F)cc3)c3ccccc23)C1=O)N1CCCC1. The molecule has 2 aliphatic rings. The van der Waals surface area contributed by atoms with Crippen molar-refractivity contribution < 1.29 is 18.8 Å². The zero-order valence-corrected chi connectivity index (χ0v) is 18.7. The number of rotatable bonds is 5. The predicted octanol–water partition coefficient (Wildman–Crippen LogP) is 4.49. The summed E-state index contributed by atoms with van der Waals surface area (Å²) in [5.74, 6) is -0.907. The molecule has 168 valence electrons. The minimum absolute atomic E-state index is 0.188. The van der Waals surface area contributed by atoms with Gasteiger partial charge in [-0.25, -0.2) is 4.39 Å². The summed E-state index contributed by atoms with van der Waals surface area (Å²) in [5, 5.41) is 0.522. The fourth-order valence-electron chi connectivity index (χ4n) is 4.29. The number of benzene rings is 2. The number of amides is 3. The van der Waals surface area contributed by atoms with E-state index in [1.165, 1.54) is 12.1 Å². The number of carbonyl (C=O) groups excluding carboxylic acids is 3. The lowest BCUT2D eigenvalue weighted by atomic mass is 10.1. The van der Waals surface area contributed by atoms with Crippen molar-refractivity contribution in [2.75, 3.05) is 19.6 Å². The maximum atomic E-state index is 13.3. The first-order valence-electron chi connectivity index (χ1n) is 10.8. The maximum Gasteiger partial charge on any atom is 0.294 e. The Labute approximate surface area is 194 Å². The molecule has 0 spiro atoms. The molecule has 2 saturated heterocycles. The van der Waals surface area contributed by atoms with Crippen LogP contribution < -0.4 is 0 Å². The average molecular weight is 464 g/mol. The van der Waals surface area contributed by atoms with Crippen molar-refractivity contribution in [2.24, 2.45) is 0 Å². The lowest BCUT2D eigenvalue weighted by Crippen LogP contribution is -2.40. The Kier molecular flexibility index (Phi) is 5.76. The van der Waals surface area contributed by atoms with Crippen LogP contribution in [0.5, 0.6) is 0 Å². The third-order valence-electron chi connectivity index (χ3n) is 6.00. The zero-order chi connectivity index (χ0) is 22.9. The van der Waals surface area contributed by atoms with Gasteiger partial charge in [-0.1, -0.05) is 30.3 Å². The fraction of sp³-hybridized carbons (Fsp3) is 0.240. The first-order valence-corrected chi connectivity index (χ1v) is 11.7. The summed E-state index contributed by atoms with van der Waals surface area (Å²) in [6, 6.07) is 14.1. The molecule has 0 atom stereocenters. The van der Waals surface area contributed by atoms with Crippen molar-refractivity contribution in [2.45, 2.75) is 19.4 Å². The van der Waals surface area contributed by atoms with E-state index in [9.17, 15) is 18.8 Å². The van der Waals surface area contributed by atoms with E-state index in [1.807, 2.05) is 35.0 Å². The second-order valence-corrected chi connectivity index (χ2v) is 9.20. The highest BCUT2D eigenvalue weighted by molar-refractivity contribution is 8.18. The molecule has 3 aromatic rings. The molecule has 2 aromatic carbocycles. The molecule has 0 aliphatic carbocycles. The molecule has 33 heavy (non-hydrogen) atoms. The van der Waals surface area contributed by atoms with E-state index in [1.54, 1.807) is 23.1 Å². The van der Waals surface area contributed by atoms with Crippen LogP contribution in [0.15, 0.2) is 59.6 Å². The Morgan fingerprint density at radius 3 is 2.52 bits per heavy atom. The van der Waals surface area contributed by atoms with Crippen molar-refractivity contribution in [1.82, 2.24) is 14.4 Å². The number of halogens is 1. The molecule has 0 saturated carbocycles. The van der Waals surface area contributed by atoms with Crippen LogP contribution in [0.3, 0.4) is 0 Å². The van der Waals surface area contributed by atoms with E-state index >= 15 is 0 Å². The number of hydrogen-bond acceptors (Lipinski definition) is 4. The lowest BCUT2D eigenvalue weighted by molar-refractivity contribution is -0.135. The van der Waals surface area contributed by atoms with E-state index in [2.05, 4.69) is 0 Å². The van der Waals surface area contributed by atoms with Gasteiger partial charge in [-0.3, -0.25) is 19.3 Å². The fourth-order valence-corrected chi connectivity index (χ4v) is 5.12. The number of thioether (sulfide) groups is 1. The van der Waals surface area contributed by atoms with Gasteiger partial charge in [-0.15, -0.1) is 0 Å². The number of para-hydroxylation sites is 1. The van der Waals surface area contributed by atoms with Crippen LogP contribution in [-0.4, -0.2) is 51.1 Å². The third kappa shape index (κ3) is 4.30. The van der Waals surface area contributed by atoms with Crippen LogP contribution in [0.25, 0.3) is 17.0 Å². The van der Waals surface area contributed by atoms with Gasteiger partial charge in [0.2, 0.25) is 5.91 Å². The number of carbonyl (C=O) groups is 3. The van der Waals surface area contributed by atoms with E-state index in [4.69, 9.17) is 0 Å². The number of nitrogens with zero attached hydrogens (tertiary/aromatic N) is 3. The van der Waals surface area contributed by atoms with Gasteiger partial charge in [0.25, 0.3) is 11.1 Å². The highest BCUT2D eigenvalue weighted by Gasteiger charge is 2.37. The number of likely N-dealkylation sites (tertiary alicyclic amines) is 1. The Bertz CT molecular complexity index is 1280. The second-order valence-electron chi connectivity index (χ2n) is 8.21. The van der Waals surface area contributed by atoms with Gasteiger partial charge in [-0.2, -0.15) is 0 Å². The quantitative estimate of drug-likeness (QED) is 0.523. The monoisotopic (exact) mass is 463 g/mol. The Morgan fingerprint density at radius 1 is 1.03 bits per heavy atom. The minimum Gasteiger partial charge on any atom is -0.342 e. The molecule has 1 aromatic heterocycles. The van der Waals surface area contributed by atoms with Gasteiger partial charge >= 0.3 is 0 Å². The van der Waals surface area contributed by atoms with E-state index < -0.39 is 11.1 Å². The first-order chi connectivity index (χ1) is 16.0. The van der Waals surface area contributed by atoms with Gasteiger partial charge in [0.15, 0.2) is 0 Å². The second kappa shape index (κ2) is 8.86. The van der Waals surface area contributed by atoms with Crippen LogP contribution in [0.1, 0.15) is 24.0 Å². The Morgan fingerprint density at radius 2 is 1.76 bits per heavy atom. The van der Waals surface area contributed by atoms with E-state index in [0.29, 0.717) is 24.5 Å². The third-order valence-corrected chi connectivity index (χ3v) is 6.91. The molecular weight excluding hydrogens is 441 g/mol. The minimum atomic E-state index is -0.437. The molecule has 0 N–H and O–H groups in total.